The highest BCUT2D eigenvalue weighted by Gasteiger charge is 2.32. The van der Waals surface area contributed by atoms with Crippen LogP contribution in [0.15, 0.2) is 41.3 Å². The fourth-order valence-corrected chi connectivity index (χ4v) is 8.73. The Kier molecular flexibility index (Phi) is 9.21. The van der Waals surface area contributed by atoms with E-state index in [0.29, 0.717) is 23.8 Å². The average Bonchev–Trinajstić information content (AvgIpc) is 3.39. The highest BCUT2D eigenvalue weighted by molar-refractivity contribution is 7.89. The molecule has 1 atom stereocenters. The summed E-state index contributed by atoms with van der Waals surface area (Å²) < 4.78 is 35.1. The summed E-state index contributed by atoms with van der Waals surface area (Å²) in [7, 11) is -3.61. The minimum Gasteiger partial charge on any atom is -0.379 e. The second kappa shape index (κ2) is 12.7. The van der Waals surface area contributed by atoms with E-state index in [9.17, 15) is 13.2 Å². The second-order valence-electron chi connectivity index (χ2n) is 10.9. The standard InChI is InChI=1S/C30H40N4O4S2/c1-4-25-8-5-6-15-34(25)40(36,37)26-11-9-24(10-12-26)29(35)33(14-7-13-32-16-18-38-19-17-32)30-31-28-23(3)20-22(2)21-27(28)39-30/h9-12,20-21,25H,4-8,13-19H2,1-3H3. The van der Waals surface area contributed by atoms with Crippen molar-refractivity contribution in [3.8, 4) is 0 Å². The molecule has 1 aromatic heterocycles. The minimum absolute atomic E-state index is 0.0353. The number of ether oxygens (including phenoxy) is 1. The summed E-state index contributed by atoms with van der Waals surface area (Å²) in [6.45, 7) is 11.4. The van der Waals surface area contributed by atoms with E-state index < -0.39 is 10.0 Å². The molecule has 8 nitrogen and oxygen atoms in total. The molecule has 2 aromatic carbocycles. The lowest BCUT2D eigenvalue weighted by molar-refractivity contribution is 0.0376. The number of carbonyl (C=O) groups excluding carboxylic acids is 1. The Bertz CT molecular complexity index is 1430. The number of morpholine rings is 1. The van der Waals surface area contributed by atoms with Crippen LogP contribution < -0.4 is 4.90 Å². The van der Waals surface area contributed by atoms with Gasteiger partial charge in [-0.1, -0.05) is 30.7 Å². The Morgan fingerprint density at radius 3 is 2.58 bits per heavy atom. The molecule has 2 aliphatic heterocycles. The molecule has 0 saturated carbocycles. The van der Waals surface area contributed by atoms with Crippen LogP contribution in [-0.2, 0) is 14.8 Å². The van der Waals surface area contributed by atoms with Crippen molar-refractivity contribution in [2.75, 3.05) is 50.8 Å². The van der Waals surface area contributed by atoms with Crippen LogP contribution in [0, 0.1) is 13.8 Å². The number of piperidine rings is 1. The van der Waals surface area contributed by atoms with Crippen molar-refractivity contribution in [3.05, 3.63) is 53.1 Å². The molecular formula is C30H40N4O4S2. The quantitative estimate of drug-likeness (QED) is 0.342. The number of sulfonamides is 1. The van der Waals surface area contributed by atoms with E-state index in [1.165, 1.54) is 16.9 Å². The van der Waals surface area contributed by atoms with Gasteiger partial charge in [0.05, 0.1) is 28.3 Å². The maximum Gasteiger partial charge on any atom is 0.260 e. The van der Waals surface area contributed by atoms with Crippen LogP contribution in [0.2, 0.25) is 0 Å². The molecule has 3 heterocycles. The maximum absolute atomic E-state index is 13.9. The Morgan fingerprint density at radius 2 is 1.85 bits per heavy atom. The van der Waals surface area contributed by atoms with Crippen molar-refractivity contribution >= 4 is 42.6 Å². The molecule has 5 rings (SSSR count). The minimum atomic E-state index is -3.61. The molecule has 2 saturated heterocycles. The summed E-state index contributed by atoms with van der Waals surface area (Å²) in [4.78, 5) is 23.2. The van der Waals surface area contributed by atoms with Crippen LogP contribution in [0.1, 0.15) is 60.5 Å². The number of hydrogen-bond acceptors (Lipinski definition) is 7. The highest BCUT2D eigenvalue weighted by atomic mass is 32.2. The molecule has 1 unspecified atom stereocenters. The van der Waals surface area contributed by atoms with Gasteiger partial charge in [0.1, 0.15) is 0 Å². The first kappa shape index (κ1) is 29.1. The molecule has 0 N–H and O–H groups in total. The first-order valence-electron chi connectivity index (χ1n) is 14.4. The highest BCUT2D eigenvalue weighted by Crippen LogP contribution is 2.33. The van der Waals surface area contributed by atoms with Gasteiger partial charge in [-0.3, -0.25) is 14.6 Å². The average molecular weight is 585 g/mol. The molecular weight excluding hydrogens is 544 g/mol. The van der Waals surface area contributed by atoms with Gasteiger partial charge in [-0.2, -0.15) is 4.31 Å². The van der Waals surface area contributed by atoms with Gasteiger partial charge in [-0.15, -0.1) is 0 Å². The Labute approximate surface area is 242 Å². The van der Waals surface area contributed by atoms with Crippen LogP contribution in [0.25, 0.3) is 10.2 Å². The Hall–Kier alpha value is -2.37. The number of anilines is 1. The van der Waals surface area contributed by atoms with Gasteiger partial charge in [-0.25, -0.2) is 13.4 Å². The number of thiazole rings is 1. The van der Waals surface area contributed by atoms with Crippen molar-refractivity contribution in [3.63, 3.8) is 0 Å². The lowest BCUT2D eigenvalue weighted by Gasteiger charge is -2.34. The summed E-state index contributed by atoms with van der Waals surface area (Å²) in [5.41, 5.74) is 3.64. The molecule has 10 heteroatoms. The van der Waals surface area contributed by atoms with Gasteiger partial charge in [0.2, 0.25) is 10.0 Å². The summed E-state index contributed by atoms with van der Waals surface area (Å²) >= 11 is 1.53. The van der Waals surface area contributed by atoms with Gasteiger partial charge in [-0.05, 0) is 81.0 Å². The van der Waals surface area contributed by atoms with Crippen molar-refractivity contribution in [2.24, 2.45) is 0 Å². The molecule has 0 bridgehead atoms. The number of carbonyl (C=O) groups is 1. The Balaban J connectivity index is 1.39. The van der Waals surface area contributed by atoms with Gasteiger partial charge in [0.15, 0.2) is 5.13 Å². The molecule has 2 aliphatic rings. The van der Waals surface area contributed by atoms with Crippen molar-refractivity contribution in [2.45, 2.75) is 63.8 Å². The summed E-state index contributed by atoms with van der Waals surface area (Å²) in [5, 5.41) is 0.673. The van der Waals surface area contributed by atoms with E-state index >= 15 is 0 Å². The Morgan fingerprint density at radius 1 is 1.10 bits per heavy atom. The van der Waals surface area contributed by atoms with Crippen LogP contribution in [0.5, 0.6) is 0 Å². The van der Waals surface area contributed by atoms with Crippen LogP contribution in [0.4, 0.5) is 5.13 Å². The van der Waals surface area contributed by atoms with Crippen molar-refractivity contribution < 1.29 is 17.9 Å². The number of nitrogens with zero attached hydrogens (tertiary/aromatic N) is 4. The smallest absolute Gasteiger partial charge is 0.260 e. The zero-order valence-corrected chi connectivity index (χ0v) is 25.4. The fourth-order valence-electron chi connectivity index (χ4n) is 5.79. The third kappa shape index (κ3) is 6.26. The fraction of sp³-hybridized carbons (Fsp3) is 0.533. The monoisotopic (exact) mass is 584 g/mol. The molecule has 0 aliphatic carbocycles. The van der Waals surface area contributed by atoms with Crippen molar-refractivity contribution in [1.82, 2.24) is 14.2 Å². The molecule has 3 aromatic rings. The predicted octanol–water partition coefficient (Wildman–Crippen LogP) is 5.24. The normalized spacial score (nSPS) is 19.2. The largest absolute Gasteiger partial charge is 0.379 e. The van der Waals surface area contributed by atoms with Crippen molar-refractivity contribution in [1.29, 1.82) is 0 Å². The molecule has 40 heavy (non-hydrogen) atoms. The first-order chi connectivity index (χ1) is 19.3. The second-order valence-corrected chi connectivity index (χ2v) is 13.8. The molecule has 1 amide bonds. The zero-order chi connectivity index (χ0) is 28.3. The third-order valence-corrected chi connectivity index (χ3v) is 11.0. The van der Waals surface area contributed by atoms with E-state index in [4.69, 9.17) is 9.72 Å². The molecule has 2 fully saturated rings. The van der Waals surface area contributed by atoms with Gasteiger partial charge in [0.25, 0.3) is 5.91 Å². The maximum atomic E-state index is 13.9. The van der Waals surface area contributed by atoms with E-state index in [-0.39, 0.29) is 16.8 Å². The lowest BCUT2D eigenvalue weighted by atomic mass is 10.0. The SMILES string of the molecule is CCC1CCCCN1S(=O)(=O)c1ccc(C(=O)N(CCCN2CCOCC2)c2nc3c(C)cc(C)cc3s2)cc1. The van der Waals surface area contributed by atoms with Crippen LogP contribution >= 0.6 is 11.3 Å². The molecule has 216 valence electrons. The van der Waals surface area contributed by atoms with Crippen LogP contribution in [0.3, 0.4) is 0 Å². The van der Waals surface area contributed by atoms with E-state index in [0.717, 1.165) is 80.7 Å². The number of benzene rings is 2. The van der Waals surface area contributed by atoms with Gasteiger partial charge < -0.3 is 4.74 Å². The van der Waals surface area contributed by atoms with Gasteiger partial charge in [0, 0.05) is 44.3 Å². The zero-order valence-electron chi connectivity index (χ0n) is 23.8. The molecule has 0 radical (unpaired) electrons. The number of aryl methyl sites for hydroxylation is 2. The van der Waals surface area contributed by atoms with E-state index in [2.05, 4.69) is 24.0 Å². The van der Waals surface area contributed by atoms with Gasteiger partial charge >= 0.3 is 0 Å². The number of amides is 1. The number of rotatable bonds is 9. The van der Waals surface area contributed by atoms with E-state index in [1.807, 2.05) is 13.8 Å². The number of aromatic nitrogens is 1. The molecule has 0 spiro atoms. The van der Waals surface area contributed by atoms with Crippen LogP contribution in [-0.4, -0.2) is 80.5 Å². The number of hydrogen-bond donors (Lipinski definition) is 0. The van der Waals surface area contributed by atoms with E-state index in [1.54, 1.807) is 33.5 Å². The summed E-state index contributed by atoms with van der Waals surface area (Å²) in [5.74, 6) is -0.163. The third-order valence-electron chi connectivity index (χ3n) is 8.01. The predicted molar refractivity (Wildman–Crippen MR) is 161 cm³/mol. The first-order valence-corrected chi connectivity index (χ1v) is 16.6. The topological polar surface area (TPSA) is 83.1 Å². The summed E-state index contributed by atoms with van der Waals surface area (Å²) in [6, 6.07) is 10.7. The summed E-state index contributed by atoms with van der Waals surface area (Å²) in [6.07, 6.45) is 4.44. The lowest BCUT2D eigenvalue weighted by Crippen LogP contribution is -2.43. The number of fused-ring (bicyclic) bond motifs is 1.